The van der Waals surface area contributed by atoms with Gasteiger partial charge in [0.15, 0.2) is 0 Å². The lowest BCUT2D eigenvalue weighted by molar-refractivity contribution is 0.341. The molecule has 4 atom stereocenters. The third kappa shape index (κ3) is 21.3. The first-order chi connectivity index (χ1) is 14.7. The molecule has 0 radical (unpaired) electrons. The summed E-state index contributed by atoms with van der Waals surface area (Å²) >= 11 is 0. The van der Waals surface area contributed by atoms with Gasteiger partial charge in [0.2, 0.25) is 0 Å². The highest BCUT2D eigenvalue weighted by atomic mass is 16.2. The molecule has 4 unspecified atom stereocenters. The van der Waals surface area contributed by atoms with Gasteiger partial charge in [-0.2, -0.15) is 0 Å². The first-order valence-electron chi connectivity index (χ1n) is 14.0. The maximum atomic E-state index is 8.93. The minimum absolute atomic E-state index is 0.190. The summed E-state index contributed by atoms with van der Waals surface area (Å²) in [5.41, 5.74) is 1.34. The highest BCUT2D eigenvalue weighted by Gasteiger charge is 2.09. The Hall–Kier alpha value is -0.300. The lowest BCUT2D eigenvalue weighted by atomic mass is 9.89. The molecule has 0 bridgehead atoms. The molecule has 0 rings (SSSR count). The van der Waals surface area contributed by atoms with Gasteiger partial charge in [-0.15, -0.1) is 0 Å². The molecule has 1 N–H and O–H groups in total. The van der Waals surface area contributed by atoms with Gasteiger partial charge in [-0.3, -0.25) is 0 Å². The third-order valence-corrected chi connectivity index (χ3v) is 7.37. The van der Waals surface area contributed by atoms with Crippen LogP contribution in [0.5, 0.6) is 0 Å². The number of hydrogen-bond donors (Lipinski definition) is 1. The van der Waals surface area contributed by atoms with Crippen molar-refractivity contribution in [2.45, 2.75) is 145 Å². The fourth-order valence-corrected chi connectivity index (χ4v) is 4.88. The maximum Gasteiger partial charge on any atom is 0.0614 e. The Labute approximate surface area is 197 Å². The van der Waals surface area contributed by atoms with Gasteiger partial charge in [-0.25, -0.2) is 0 Å². The predicted octanol–water partition coefficient (Wildman–Crippen LogP) is 9.98. The smallest absolute Gasteiger partial charge is 0.0614 e. The van der Waals surface area contributed by atoms with Crippen LogP contribution in [0.2, 0.25) is 0 Å². The van der Waals surface area contributed by atoms with Crippen molar-refractivity contribution in [3.8, 4) is 0 Å². The molecule has 0 saturated heterocycles. The molecule has 1 heteroatoms. The second kappa shape index (κ2) is 20.3. The van der Waals surface area contributed by atoms with Gasteiger partial charge in [0.05, 0.1) is 6.61 Å². The Bertz CT molecular complexity index is 411. The molecule has 0 aliphatic carbocycles. The van der Waals surface area contributed by atoms with Crippen LogP contribution in [-0.2, 0) is 0 Å². The normalized spacial score (nSPS) is 16.5. The molecule has 31 heavy (non-hydrogen) atoms. The van der Waals surface area contributed by atoms with Crippen molar-refractivity contribution in [2.24, 2.45) is 29.6 Å². The first-order valence-corrected chi connectivity index (χ1v) is 14.0. The van der Waals surface area contributed by atoms with E-state index in [-0.39, 0.29) is 6.61 Å². The third-order valence-electron chi connectivity index (χ3n) is 7.37. The van der Waals surface area contributed by atoms with E-state index in [0.717, 1.165) is 36.0 Å². The zero-order chi connectivity index (χ0) is 23.5. The zero-order valence-corrected chi connectivity index (χ0v) is 22.7. The summed E-state index contributed by atoms with van der Waals surface area (Å²) in [6.07, 6.45) is 22.8. The van der Waals surface area contributed by atoms with Crippen LogP contribution >= 0.6 is 0 Å². The lowest BCUT2D eigenvalue weighted by Crippen LogP contribution is -2.02. The van der Waals surface area contributed by atoms with Crippen LogP contribution in [0, 0.1) is 29.6 Å². The molecule has 0 aromatic rings. The predicted molar refractivity (Wildman–Crippen MR) is 142 cm³/mol. The second-order valence-corrected chi connectivity index (χ2v) is 11.7. The molecule has 1 nitrogen and oxygen atoms in total. The molecule has 0 saturated carbocycles. The van der Waals surface area contributed by atoms with Gasteiger partial charge in [0.25, 0.3) is 0 Å². The van der Waals surface area contributed by atoms with Crippen LogP contribution < -0.4 is 0 Å². The van der Waals surface area contributed by atoms with Crippen molar-refractivity contribution in [1.29, 1.82) is 0 Å². The Kier molecular flexibility index (Phi) is 20.1. The monoisotopic (exact) mass is 436 g/mol. The van der Waals surface area contributed by atoms with E-state index in [1.807, 2.05) is 6.08 Å². The molecule has 0 heterocycles. The number of rotatable bonds is 21. The van der Waals surface area contributed by atoms with E-state index < -0.39 is 0 Å². The molecular formula is C30H60O. The van der Waals surface area contributed by atoms with E-state index in [9.17, 15) is 0 Å². The molecule has 0 spiro atoms. The summed E-state index contributed by atoms with van der Waals surface area (Å²) in [4.78, 5) is 0. The molecule has 0 amide bonds. The summed E-state index contributed by atoms with van der Waals surface area (Å²) in [6.45, 7) is 16.8. The fourth-order valence-electron chi connectivity index (χ4n) is 4.88. The van der Waals surface area contributed by atoms with Crippen LogP contribution in [0.3, 0.4) is 0 Å². The molecule has 186 valence electrons. The average molecular weight is 437 g/mol. The highest BCUT2D eigenvalue weighted by molar-refractivity contribution is 4.97. The van der Waals surface area contributed by atoms with E-state index in [1.165, 1.54) is 95.5 Å². The zero-order valence-electron chi connectivity index (χ0n) is 22.7. The van der Waals surface area contributed by atoms with Gasteiger partial charge in [0.1, 0.15) is 0 Å². The summed E-state index contributed by atoms with van der Waals surface area (Å²) < 4.78 is 0. The minimum atomic E-state index is 0.190. The SMILES string of the molecule is C/C(=C\CO)CCCC(C)CCCC(C)CCCC(C)CCCC(C)CCCC(C)C. The van der Waals surface area contributed by atoms with E-state index in [2.05, 4.69) is 48.5 Å². The van der Waals surface area contributed by atoms with E-state index in [1.54, 1.807) is 0 Å². The summed E-state index contributed by atoms with van der Waals surface area (Å²) in [5, 5.41) is 8.93. The van der Waals surface area contributed by atoms with Gasteiger partial charge in [-0.05, 0) is 49.4 Å². The largest absolute Gasteiger partial charge is 0.392 e. The van der Waals surface area contributed by atoms with Crippen molar-refractivity contribution < 1.29 is 5.11 Å². The summed E-state index contributed by atoms with van der Waals surface area (Å²) in [5.74, 6) is 4.46. The highest BCUT2D eigenvalue weighted by Crippen LogP contribution is 2.24. The number of aliphatic hydroxyl groups is 1. The molecule has 0 aliphatic heterocycles. The molecule has 0 aromatic carbocycles. The standard InChI is InChI=1S/C30H60O/c1-25(2)13-8-14-26(3)15-9-16-27(4)17-10-18-28(5)19-11-20-29(6)21-12-22-30(7)23-24-31/h23,25-29,31H,8-22,24H2,1-7H3/b30-23+. The van der Waals surface area contributed by atoms with Crippen molar-refractivity contribution in [1.82, 2.24) is 0 Å². The number of aliphatic hydroxyl groups excluding tert-OH is 1. The van der Waals surface area contributed by atoms with Crippen LogP contribution in [0.25, 0.3) is 0 Å². The van der Waals surface area contributed by atoms with Crippen molar-refractivity contribution in [3.63, 3.8) is 0 Å². The Balaban J connectivity index is 3.62. The Morgan fingerprint density at radius 1 is 0.548 bits per heavy atom. The van der Waals surface area contributed by atoms with Crippen LogP contribution in [0.1, 0.15) is 145 Å². The minimum Gasteiger partial charge on any atom is -0.392 e. The Morgan fingerprint density at radius 2 is 0.871 bits per heavy atom. The lowest BCUT2D eigenvalue weighted by Gasteiger charge is -2.17. The second-order valence-electron chi connectivity index (χ2n) is 11.7. The van der Waals surface area contributed by atoms with Crippen molar-refractivity contribution in [2.75, 3.05) is 6.61 Å². The van der Waals surface area contributed by atoms with Crippen molar-refractivity contribution in [3.05, 3.63) is 11.6 Å². The van der Waals surface area contributed by atoms with E-state index in [4.69, 9.17) is 5.11 Å². The first kappa shape index (κ1) is 30.7. The van der Waals surface area contributed by atoms with Gasteiger partial charge < -0.3 is 5.11 Å². The van der Waals surface area contributed by atoms with Crippen molar-refractivity contribution >= 4 is 0 Å². The molecular weight excluding hydrogens is 376 g/mol. The molecule has 0 aliphatic rings. The van der Waals surface area contributed by atoms with E-state index in [0.29, 0.717) is 0 Å². The van der Waals surface area contributed by atoms with E-state index >= 15 is 0 Å². The Morgan fingerprint density at radius 3 is 1.19 bits per heavy atom. The topological polar surface area (TPSA) is 20.2 Å². The number of hydrogen-bond acceptors (Lipinski definition) is 1. The quantitative estimate of drug-likeness (QED) is 0.177. The van der Waals surface area contributed by atoms with Crippen LogP contribution in [0.15, 0.2) is 11.6 Å². The molecule has 0 fully saturated rings. The van der Waals surface area contributed by atoms with Crippen LogP contribution in [-0.4, -0.2) is 11.7 Å². The van der Waals surface area contributed by atoms with Gasteiger partial charge >= 0.3 is 0 Å². The molecule has 0 aromatic heterocycles. The van der Waals surface area contributed by atoms with Gasteiger partial charge in [-0.1, -0.05) is 137 Å². The summed E-state index contributed by atoms with van der Waals surface area (Å²) in [7, 11) is 0. The number of allylic oxidation sites excluding steroid dienone is 1. The van der Waals surface area contributed by atoms with Gasteiger partial charge in [0, 0.05) is 0 Å². The average Bonchev–Trinajstić information content (AvgIpc) is 2.68. The summed E-state index contributed by atoms with van der Waals surface area (Å²) in [6, 6.07) is 0. The van der Waals surface area contributed by atoms with Crippen LogP contribution in [0.4, 0.5) is 0 Å². The fraction of sp³-hybridized carbons (Fsp3) is 0.933. The maximum absolute atomic E-state index is 8.93.